The van der Waals surface area contributed by atoms with Crippen molar-refractivity contribution in [2.24, 2.45) is 0 Å². The number of nitrogens with one attached hydrogen (secondary N) is 2. The minimum atomic E-state index is -0.484. The van der Waals surface area contributed by atoms with E-state index in [2.05, 4.69) is 29.1 Å². The van der Waals surface area contributed by atoms with Crippen molar-refractivity contribution in [3.63, 3.8) is 0 Å². The molecule has 1 amide bonds. The Morgan fingerprint density at radius 2 is 1.95 bits per heavy atom. The first-order valence-corrected chi connectivity index (χ1v) is 7.21. The van der Waals surface area contributed by atoms with E-state index in [1.165, 1.54) is 29.5 Å². The molecule has 4 nitrogen and oxygen atoms in total. The first-order chi connectivity index (χ1) is 9.35. The molecule has 1 aliphatic rings. The van der Waals surface area contributed by atoms with Gasteiger partial charge in [0.25, 0.3) is 0 Å². The number of ether oxygens (including phenoxy) is 1. The normalized spacial score (nSPS) is 15.6. The monoisotopic (exact) mass is 276 g/mol. The summed E-state index contributed by atoms with van der Waals surface area (Å²) in [5, 5.41) is 0. The van der Waals surface area contributed by atoms with Crippen LogP contribution in [0.4, 0.5) is 4.79 Å². The average molecular weight is 276 g/mol. The molecule has 20 heavy (non-hydrogen) atoms. The Morgan fingerprint density at radius 1 is 1.25 bits per heavy atom. The third-order valence-corrected chi connectivity index (χ3v) is 3.41. The van der Waals surface area contributed by atoms with E-state index in [0.29, 0.717) is 0 Å². The Balaban J connectivity index is 1.89. The minimum Gasteiger partial charge on any atom is -0.443 e. The van der Waals surface area contributed by atoms with E-state index in [-0.39, 0.29) is 6.04 Å². The van der Waals surface area contributed by atoms with Crippen LogP contribution in [0, 0.1) is 0 Å². The Labute approximate surface area is 120 Å². The van der Waals surface area contributed by atoms with Crippen LogP contribution in [0.3, 0.4) is 0 Å². The zero-order chi connectivity index (χ0) is 14.8. The molecule has 2 rings (SSSR count). The number of hydrazine groups is 1. The van der Waals surface area contributed by atoms with Gasteiger partial charge in [0.2, 0.25) is 0 Å². The fourth-order valence-corrected chi connectivity index (χ4v) is 2.42. The first kappa shape index (κ1) is 14.9. The average Bonchev–Trinajstić information content (AvgIpc) is 2.80. The van der Waals surface area contributed by atoms with Crippen molar-refractivity contribution in [3.8, 4) is 0 Å². The van der Waals surface area contributed by atoms with Crippen molar-refractivity contribution in [3.05, 3.63) is 34.9 Å². The second-order valence-electron chi connectivity index (χ2n) is 6.37. The summed E-state index contributed by atoms with van der Waals surface area (Å²) in [4.78, 5) is 11.6. The third kappa shape index (κ3) is 3.97. The highest BCUT2D eigenvalue weighted by Crippen LogP contribution is 2.25. The molecule has 0 aromatic heterocycles. The summed E-state index contributed by atoms with van der Waals surface area (Å²) < 4.78 is 5.19. The van der Waals surface area contributed by atoms with Crippen molar-refractivity contribution in [1.82, 2.24) is 10.9 Å². The van der Waals surface area contributed by atoms with E-state index in [4.69, 9.17) is 4.74 Å². The molecular formula is C16H24N2O2. The molecule has 0 aliphatic heterocycles. The second-order valence-corrected chi connectivity index (χ2v) is 6.37. The lowest BCUT2D eigenvalue weighted by Gasteiger charge is -2.21. The van der Waals surface area contributed by atoms with Crippen LogP contribution in [-0.2, 0) is 17.6 Å². The van der Waals surface area contributed by atoms with Gasteiger partial charge in [-0.15, -0.1) is 0 Å². The molecule has 0 bridgehead atoms. The summed E-state index contributed by atoms with van der Waals surface area (Å²) >= 11 is 0. The number of amides is 1. The van der Waals surface area contributed by atoms with Crippen LogP contribution in [0.1, 0.15) is 56.8 Å². The van der Waals surface area contributed by atoms with Gasteiger partial charge < -0.3 is 4.74 Å². The van der Waals surface area contributed by atoms with Gasteiger partial charge in [-0.05, 0) is 63.6 Å². The molecule has 1 aliphatic carbocycles. The molecule has 110 valence electrons. The summed E-state index contributed by atoms with van der Waals surface area (Å²) in [6.07, 6.45) is 3.14. The van der Waals surface area contributed by atoms with Crippen molar-refractivity contribution >= 4 is 6.09 Å². The smallest absolute Gasteiger partial charge is 0.422 e. The number of hydrogen-bond acceptors (Lipinski definition) is 3. The molecule has 4 heteroatoms. The van der Waals surface area contributed by atoms with Crippen LogP contribution in [0.2, 0.25) is 0 Å². The van der Waals surface area contributed by atoms with Crippen LogP contribution in [-0.4, -0.2) is 11.7 Å². The van der Waals surface area contributed by atoms with Gasteiger partial charge in [0.15, 0.2) is 0 Å². The first-order valence-electron chi connectivity index (χ1n) is 7.21. The Kier molecular flexibility index (Phi) is 4.33. The fraction of sp³-hybridized carbons (Fsp3) is 0.562. The van der Waals surface area contributed by atoms with Crippen molar-refractivity contribution in [2.45, 2.75) is 58.6 Å². The van der Waals surface area contributed by atoms with E-state index in [0.717, 1.165) is 6.42 Å². The Morgan fingerprint density at radius 3 is 2.65 bits per heavy atom. The molecule has 2 N–H and O–H groups in total. The molecule has 0 heterocycles. The number of benzene rings is 1. The van der Waals surface area contributed by atoms with E-state index >= 15 is 0 Å². The lowest BCUT2D eigenvalue weighted by Crippen LogP contribution is -2.42. The maximum absolute atomic E-state index is 11.6. The van der Waals surface area contributed by atoms with Crippen LogP contribution < -0.4 is 10.9 Å². The van der Waals surface area contributed by atoms with Gasteiger partial charge in [-0.3, -0.25) is 5.43 Å². The van der Waals surface area contributed by atoms with Crippen LogP contribution in [0.15, 0.2) is 18.2 Å². The van der Waals surface area contributed by atoms with Crippen molar-refractivity contribution < 1.29 is 9.53 Å². The molecule has 1 aromatic carbocycles. The molecular weight excluding hydrogens is 252 g/mol. The number of hydrogen-bond donors (Lipinski definition) is 2. The highest BCUT2D eigenvalue weighted by molar-refractivity contribution is 5.67. The predicted molar refractivity (Wildman–Crippen MR) is 79.4 cm³/mol. The van der Waals surface area contributed by atoms with Gasteiger partial charge in [0, 0.05) is 6.04 Å². The molecule has 1 unspecified atom stereocenters. The Bertz CT molecular complexity index is 492. The van der Waals surface area contributed by atoms with Gasteiger partial charge >= 0.3 is 6.09 Å². The lowest BCUT2D eigenvalue weighted by atomic mass is 10.0. The number of aryl methyl sites for hydroxylation is 2. The highest BCUT2D eigenvalue weighted by atomic mass is 16.6. The van der Waals surface area contributed by atoms with E-state index in [1.807, 2.05) is 27.7 Å². The molecule has 0 fully saturated rings. The van der Waals surface area contributed by atoms with Gasteiger partial charge in [-0.1, -0.05) is 18.2 Å². The minimum absolute atomic E-state index is 0.0495. The van der Waals surface area contributed by atoms with Crippen molar-refractivity contribution in [2.75, 3.05) is 0 Å². The number of carbonyl (C=O) groups is 1. The van der Waals surface area contributed by atoms with Gasteiger partial charge in [0.1, 0.15) is 5.60 Å². The largest absolute Gasteiger partial charge is 0.443 e. The van der Waals surface area contributed by atoms with Crippen LogP contribution >= 0.6 is 0 Å². The quantitative estimate of drug-likeness (QED) is 0.833. The van der Waals surface area contributed by atoms with Crippen LogP contribution in [0.25, 0.3) is 0 Å². The topological polar surface area (TPSA) is 50.4 Å². The summed E-state index contributed by atoms with van der Waals surface area (Å²) in [6.45, 7) is 7.55. The standard InChI is InChI=1S/C16H24N2O2/c1-11(17-18-15(19)20-16(2,3)4)13-9-8-12-6-5-7-14(12)10-13/h8-11,17H,5-7H2,1-4H3,(H,18,19). The molecule has 1 aromatic rings. The molecule has 1 atom stereocenters. The second kappa shape index (κ2) is 5.83. The fourth-order valence-electron chi connectivity index (χ4n) is 2.42. The van der Waals surface area contributed by atoms with E-state index in [1.54, 1.807) is 0 Å². The maximum Gasteiger partial charge on any atom is 0.422 e. The summed E-state index contributed by atoms with van der Waals surface area (Å²) in [5.41, 5.74) is 9.18. The van der Waals surface area contributed by atoms with E-state index in [9.17, 15) is 4.79 Å². The number of fused-ring (bicyclic) bond motifs is 1. The van der Waals surface area contributed by atoms with Gasteiger partial charge in [0.05, 0.1) is 0 Å². The highest BCUT2D eigenvalue weighted by Gasteiger charge is 2.17. The summed E-state index contributed by atoms with van der Waals surface area (Å²) in [7, 11) is 0. The summed E-state index contributed by atoms with van der Waals surface area (Å²) in [6, 6.07) is 6.60. The lowest BCUT2D eigenvalue weighted by molar-refractivity contribution is 0.0489. The number of carbonyl (C=O) groups excluding carboxylic acids is 1. The zero-order valence-electron chi connectivity index (χ0n) is 12.7. The molecule has 0 spiro atoms. The van der Waals surface area contributed by atoms with Gasteiger partial charge in [-0.2, -0.15) is 0 Å². The molecule has 0 saturated heterocycles. The maximum atomic E-state index is 11.6. The number of rotatable bonds is 3. The van der Waals surface area contributed by atoms with Gasteiger partial charge in [-0.25, -0.2) is 10.2 Å². The van der Waals surface area contributed by atoms with E-state index < -0.39 is 11.7 Å². The molecule has 0 saturated carbocycles. The third-order valence-electron chi connectivity index (χ3n) is 3.41. The molecule has 0 radical (unpaired) electrons. The predicted octanol–water partition coefficient (Wildman–Crippen LogP) is 3.27. The summed E-state index contributed by atoms with van der Waals surface area (Å²) in [5.74, 6) is 0. The van der Waals surface area contributed by atoms with Crippen molar-refractivity contribution in [1.29, 1.82) is 0 Å². The zero-order valence-corrected chi connectivity index (χ0v) is 12.7. The van der Waals surface area contributed by atoms with Crippen LogP contribution in [0.5, 0.6) is 0 Å². The SMILES string of the molecule is CC(NNC(=O)OC(C)(C)C)c1ccc2c(c1)CCC2. The Hall–Kier alpha value is -1.55.